The zero-order valence-corrected chi connectivity index (χ0v) is 20.4. The van der Waals surface area contributed by atoms with Gasteiger partial charge in [0.15, 0.2) is 5.60 Å². The smallest absolute Gasteiger partial charge is 0.269 e. The molecular weight excluding hydrogens is 498 g/mol. The Hall–Kier alpha value is -3.94. The summed E-state index contributed by atoms with van der Waals surface area (Å²) < 4.78 is 34.6. The van der Waals surface area contributed by atoms with Gasteiger partial charge in [0.2, 0.25) is 9.84 Å². The van der Waals surface area contributed by atoms with Gasteiger partial charge in [-0.25, -0.2) is 8.42 Å². The van der Waals surface area contributed by atoms with E-state index in [1.807, 2.05) is 60.7 Å². The highest BCUT2D eigenvalue weighted by Gasteiger charge is 2.48. The molecule has 0 fully saturated rings. The van der Waals surface area contributed by atoms with Crippen LogP contribution < -0.4 is 0 Å². The molecule has 0 unspecified atom stereocenters. The predicted octanol–water partition coefficient (Wildman–Crippen LogP) is 6.75. The van der Waals surface area contributed by atoms with Crippen molar-refractivity contribution in [3.8, 4) is 0 Å². The lowest BCUT2D eigenvalue weighted by Crippen LogP contribution is -2.27. The molecule has 6 nitrogen and oxygen atoms in total. The summed E-state index contributed by atoms with van der Waals surface area (Å²) in [5.74, 6) is 0.160. The Morgan fingerprint density at radius 2 is 1.31 bits per heavy atom. The molecule has 4 aromatic rings. The monoisotopic (exact) mass is 517 g/mol. The van der Waals surface area contributed by atoms with Crippen LogP contribution in [0.2, 0.25) is 5.02 Å². The number of non-ortho nitro benzene ring substituents is 1. The van der Waals surface area contributed by atoms with Gasteiger partial charge in [0.25, 0.3) is 5.69 Å². The second-order valence-corrected chi connectivity index (χ2v) is 10.8. The molecule has 0 N–H and O–H groups in total. The number of nitrogens with zero attached hydrogens (tertiary/aromatic N) is 1. The average molecular weight is 518 g/mol. The fourth-order valence-electron chi connectivity index (χ4n) is 4.40. The molecule has 0 aliphatic carbocycles. The van der Waals surface area contributed by atoms with E-state index in [1.54, 1.807) is 0 Å². The lowest BCUT2D eigenvalue weighted by molar-refractivity contribution is -0.384. The van der Waals surface area contributed by atoms with Crippen molar-refractivity contribution in [2.24, 2.45) is 0 Å². The number of ether oxygens (including phenoxy) is 1. The van der Waals surface area contributed by atoms with E-state index in [1.165, 1.54) is 48.5 Å². The molecule has 0 spiro atoms. The fourth-order valence-corrected chi connectivity index (χ4v) is 6.11. The van der Waals surface area contributed by atoms with Gasteiger partial charge in [-0.3, -0.25) is 10.1 Å². The minimum atomic E-state index is -4.00. The van der Waals surface area contributed by atoms with E-state index in [0.29, 0.717) is 10.6 Å². The average Bonchev–Trinajstić information content (AvgIpc) is 3.33. The minimum absolute atomic E-state index is 0.0400. The van der Waals surface area contributed by atoms with Gasteiger partial charge in [0, 0.05) is 40.3 Å². The van der Waals surface area contributed by atoms with Crippen LogP contribution in [0.25, 0.3) is 5.76 Å². The lowest BCUT2D eigenvalue weighted by Gasteiger charge is -2.31. The quantitative estimate of drug-likeness (QED) is 0.208. The zero-order chi connectivity index (χ0) is 25.3. The van der Waals surface area contributed by atoms with Gasteiger partial charge in [-0.1, -0.05) is 72.3 Å². The molecular formula is C28H20ClNO5S. The van der Waals surface area contributed by atoms with Gasteiger partial charge >= 0.3 is 0 Å². The molecule has 5 rings (SSSR count). The Labute approximate surface area is 213 Å². The van der Waals surface area contributed by atoms with Gasteiger partial charge in [-0.2, -0.15) is 0 Å². The highest BCUT2D eigenvalue weighted by molar-refractivity contribution is 7.95. The number of rotatable bonds is 6. The zero-order valence-electron chi connectivity index (χ0n) is 18.9. The first-order chi connectivity index (χ1) is 17.3. The molecule has 0 saturated heterocycles. The molecule has 0 atom stereocenters. The van der Waals surface area contributed by atoms with Crippen LogP contribution in [0.4, 0.5) is 5.69 Å². The first-order valence-corrected chi connectivity index (χ1v) is 13.0. The van der Waals surface area contributed by atoms with Crippen molar-refractivity contribution in [2.75, 3.05) is 0 Å². The Kier molecular flexibility index (Phi) is 6.12. The highest BCUT2D eigenvalue weighted by atomic mass is 35.5. The Morgan fingerprint density at radius 1 is 0.778 bits per heavy atom. The van der Waals surface area contributed by atoms with E-state index in [9.17, 15) is 18.5 Å². The number of sulfone groups is 1. The molecule has 0 bridgehead atoms. The minimum Gasteiger partial charge on any atom is -0.476 e. The lowest BCUT2D eigenvalue weighted by atomic mass is 9.84. The summed E-state index contributed by atoms with van der Waals surface area (Å²) in [5, 5.41) is 11.6. The normalized spacial score (nSPS) is 14.9. The molecule has 8 heteroatoms. The van der Waals surface area contributed by atoms with Crippen molar-refractivity contribution >= 4 is 32.9 Å². The standard InChI is InChI=1S/C28H20ClNO5S/c29-23-13-17-25(18-14-23)36(33,34)26-19-28(21-7-3-1-4-8-21,22-9-5-2-6-10-22)35-27(26)20-11-15-24(16-12-20)30(31)32/h1-18H,19H2. The van der Waals surface area contributed by atoms with E-state index in [-0.39, 0.29) is 27.7 Å². The topological polar surface area (TPSA) is 86.5 Å². The summed E-state index contributed by atoms with van der Waals surface area (Å²) in [6.45, 7) is 0. The number of hydrogen-bond acceptors (Lipinski definition) is 5. The SMILES string of the molecule is O=[N+]([O-])c1ccc(C2=C(S(=O)(=O)c3ccc(Cl)cc3)CC(c3ccccc3)(c3ccccc3)O2)cc1. The van der Waals surface area contributed by atoms with Crippen LogP contribution in [0.1, 0.15) is 23.1 Å². The fraction of sp³-hybridized carbons (Fsp3) is 0.0714. The summed E-state index contributed by atoms with van der Waals surface area (Å²) >= 11 is 6.01. The van der Waals surface area contributed by atoms with Gasteiger partial charge < -0.3 is 4.74 Å². The summed E-state index contributed by atoms with van der Waals surface area (Å²) in [5.41, 5.74) is 0.793. The van der Waals surface area contributed by atoms with Crippen molar-refractivity contribution in [1.29, 1.82) is 0 Å². The molecule has 0 saturated carbocycles. The van der Waals surface area contributed by atoms with E-state index in [2.05, 4.69) is 0 Å². The largest absolute Gasteiger partial charge is 0.476 e. The van der Waals surface area contributed by atoms with E-state index in [0.717, 1.165) is 11.1 Å². The highest BCUT2D eigenvalue weighted by Crippen LogP contribution is 2.52. The molecule has 180 valence electrons. The molecule has 1 heterocycles. The summed E-state index contributed by atoms with van der Waals surface area (Å²) in [6.07, 6.45) is 0.0400. The van der Waals surface area contributed by atoms with Crippen LogP contribution in [0.3, 0.4) is 0 Å². The van der Waals surface area contributed by atoms with Gasteiger partial charge in [0.1, 0.15) is 5.76 Å². The maximum absolute atomic E-state index is 14.0. The predicted molar refractivity (Wildman–Crippen MR) is 138 cm³/mol. The van der Waals surface area contributed by atoms with E-state index in [4.69, 9.17) is 16.3 Å². The summed E-state index contributed by atoms with van der Waals surface area (Å²) in [7, 11) is -4.00. The molecule has 0 amide bonds. The van der Waals surface area contributed by atoms with Crippen LogP contribution in [0.15, 0.2) is 119 Å². The third kappa shape index (κ3) is 4.17. The van der Waals surface area contributed by atoms with Gasteiger partial charge in [-0.15, -0.1) is 0 Å². The molecule has 1 aliphatic heterocycles. The summed E-state index contributed by atoms with van der Waals surface area (Å²) in [4.78, 5) is 10.9. The Balaban J connectivity index is 1.73. The number of nitro groups is 1. The third-order valence-electron chi connectivity index (χ3n) is 6.21. The van der Waals surface area contributed by atoms with Crippen LogP contribution >= 0.6 is 11.6 Å². The molecule has 1 aliphatic rings. The van der Waals surface area contributed by atoms with Crippen LogP contribution in [0.5, 0.6) is 0 Å². The molecule has 36 heavy (non-hydrogen) atoms. The van der Waals surface area contributed by atoms with Gasteiger partial charge in [0.05, 0.1) is 14.7 Å². The van der Waals surface area contributed by atoms with Crippen molar-refractivity contribution in [1.82, 2.24) is 0 Å². The maximum Gasteiger partial charge on any atom is 0.269 e. The van der Waals surface area contributed by atoms with Crippen molar-refractivity contribution in [3.05, 3.63) is 146 Å². The van der Waals surface area contributed by atoms with Crippen LogP contribution in [0, 0.1) is 10.1 Å². The number of benzene rings is 4. The number of nitro benzene ring substituents is 1. The Morgan fingerprint density at radius 3 is 1.81 bits per heavy atom. The van der Waals surface area contributed by atoms with E-state index < -0.39 is 20.4 Å². The van der Waals surface area contributed by atoms with Crippen molar-refractivity contribution in [3.63, 3.8) is 0 Å². The van der Waals surface area contributed by atoms with Crippen molar-refractivity contribution < 1.29 is 18.1 Å². The number of halogens is 1. The molecule has 0 radical (unpaired) electrons. The second-order valence-electron chi connectivity index (χ2n) is 8.35. The van der Waals surface area contributed by atoms with E-state index >= 15 is 0 Å². The third-order valence-corrected chi connectivity index (χ3v) is 8.33. The number of hydrogen-bond donors (Lipinski definition) is 0. The first-order valence-electron chi connectivity index (χ1n) is 11.1. The molecule has 0 aromatic heterocycles. The van der Waals surface area contributed by atoms with Crippen molar-refractivity contribution in [2.45, 2.75) is 16.9 Å². The second kappa shape index (κ2) is 9.26. The molecule has 4 aromatic carbocycles. The first kappa shape index (κ1) is 23.8. The van der Waals surface area contributed by atoms with Gasteiger partial charge in [-0.05, 0) is 36.4 Å². The van der Waals surface area contributed by atoms with Crippen LogP contribution in [-0.4, -0.2) is 13.3 Å². The summed E-state index contributed by atoms with van der Waals surface area (Å²) in [6, 6.07) is 30.5. The Bertz CT molecular complexity index is 1510. The van der Waals surface area contributed by atoms with Crippen LogP contribution in [-0.2, 0) is 20.2 Å². The maximum atomic E-state index is 14.0.